The number of hydrogen-bond donors (Lipinski definition) is 2. The Bertz CT molecular complexity index is 1490. The Hall–Kier alpha value is -3.77. The summed E-state index contributed by atoms with van der Waals surface area (Å²) in [5.41, 5.74) is 0.957. The van der Waals surface area contributed by atoms with Crippen LogP contribution >= 0.6 is 11.6 Å². The van der Waals surface area contributed by atoms with Gasteiger partial charge in [-0.15, -0.1) is 0 Å². The summed E-state index contributed by atoms with van der Waals surface area (Å²) < 4.78 is 65.0. The van der Waals surface area contributed by atoms with Crippen LogP contribution in [-0.2, 0) is 27.4 Å². The zero-order valence-corrected chi connectivity index (χ0v) is 23.6. The summed E-state index contributed by atoms with van der Waals surface area (Å²) >= 11 is 5.98. The van der Waals surface area contributed by atoms with Crippen molar-refractivity contribution >= 4 is 44.8 Å². The molecule has 1 fully saturated rings. The Morgan fingerprint density at radius 3 is 2.12 bits per heavy atom. The third-order valence-electron chi connectivity index (χ3n) is 6.56. The van der Waals surface area contributed by atoms with Gasteiger partial charge in [-0.2, -0.15) is 13.2 Å². The number of nitrogens with one attached hydrogen (secondary N) is 2. The van der Waals surface area contributed by atoms with Crippen molar-refractivity contribution in [3.05, 3.63) is 94.5 Å². The van der Waals surface area contributed by atoms with Crippen molar-refractivity contribution in [3.8, 4) is 0 Å². The molecule has 2 amide bonds. The van der Waals surface area contributed by atoms with Crippen LogP contribution in [0.3, 0.4) is 0 Å². The second-order valence-corrected chi connectivity index (χ2v) is 11.8. The lowest BCUT2D eigenvalue weighted by molar-refractivity contribution is -0.137. The summed E-state index contributed by atoms with van der Waals surface area (Å²) in [6, 6.07) is 16.5. The molecule has 3 aromatic rings. The number of sulfonamides is 1. The number of para-hydroxylation sites is 2. The first-order valence-corrected chi connectivity index (χ1v) is 14.9. The molecule has 3 aromatic carbocycles. The van der Waals surface area contributed by atoms with Gasteiger partial charge < -0.3 is 15.1 Å². The van der Waals surface area contributed by atoms with E-state index in [4.69, 9.17) is 11.6 Å². The summed E-state index contributed by atoms with van der Waals surface area (Å²) in [5, 5.41) is 3.20. The molecule has 13 heteroatoms. The quantitative estimate of drug-likeness (QED) is 0.395. The van der Waals surface area contributed by atoms with Crippen molar-refractivity contribution < 1.29 is 31.2 Å². The highest BCUT2D eigenvalue weighted by molar-refractivity contribution is 7.92. The van der Waals surface area contributed by atoms with Crippen LogP contribution in [-0.4, -0.2) is 63.6 Å². The number of hydrogen-bond acceptors (Lipinski definition) is 5. The lowest BCUT2D eigenvalue weighted by Gasteiger charge is -2.38. The second-order valence-electron chi connectivity index (χ2n) is 9.64. The van der Waals surface area contributed by atoms with E-state index in [2.05, 4.69) is 10.0 Å². The predicted octanol–water partition coefficient (Wildman–Crippen LogP) is 4.42. The molecule has 1 heterocycles. The maximum atomic E-state index is 13.6. The van der Waals surface area contributed by atoms with Gasteiger partial charge in [-0.1, -0.05) is 35.9 Å². The zero-order chi connectivity index (χ0) is 29.8. The Morgan fingerprint density at radius 1 is 0.927 bits per heavy atom. The van der Waals surface area contributed by atoms with Gasteiger partial charge in [-0.05, 0) is 54.1 Å². The SMILES string of the molecule is CS(=O)(=O)Nc1ccccc1N1CCN(C(=O)[C@@H](Cc2ccc(Cl)cc2)NC(=O)c2ccc(C(F)(F)F)cc2)CC1. The van der Waals surface area contributed by atoms with Gasteiger partial charge in [0, 0.05) is 43.2 Å². The normalized spacial score (nSPS) is 14.9. The molecule has 218 valence electrons. The highest BCUT2D eigenvalue weighted by Gasteiger charge is 2.32. The molecule has 0 aromatic heterocycles. The number of carbonyl (C=O) groups excluding carboxylic acids is 2. The van der Waals surface area contributed by atoms with E-state index in [1.165, 1.54) is 0 Å². The fourth-order valence-corrected chi connectivity index (χ4v) is 5.23. The zero-order valence-electron chi connectivity index (χ0n) is 22.0. The first-order valence-electron chi connectivity index (χ1n) is 12.6. The van der Waals surface area contributed by atoms with E-state index in [1.54, 1.807) is 53.4 Å². The van der Waals surface area contributed by atoms with Crippen LogP contribution in [0.15, 0.2) is 72.8 Å². The maximum Gasteiger partial charge on any atom is 0.416 e. The molecule has 4 rings (SSSR count). The van der Waals surface area contributed by atoms with E-state index in [0.717, 1.165) is 36.1 Å². The van der Waals surface area contributed by atoms with E-state index >= 15 is 0 Å². The van der Waals surface area contributed by atoms with Crippen molar-refractivity contribution in [2.45, 2.75) is 18.6 Å². The van der Waals surface area contributed by atoms with Crippen LogP contribution in [0.1, 0.15) is 21.5 Å². The fourth-order valence-electron chi connectivity index (χ4n) is 4.53. The number of amides is 2. The van der Waals surface area contributed by atoms with Gasteiger partial charge in [0.25, 0.3) is 5.91 Å². The van der Waals surface area contributed by atoms with Crippen LogP contribution in [0.5, 0.6) is 0 Å². The molecule has 8 nitrogen and oxygen atoms in total. The van der Waals surface area contributed by atoms with E-state index in [0.29, 0.717) is 42.6 Å². The second kappa shape index (κ2) is 12.4. The molecule has 0 saturated carbocycles. The van der Waals surface area contributed by atoms with E-state index in [-0.39, 0.29) is 17.9 Å². The van der Waals surface area contributed by atoms with Gasteiger partial charge in [-0.25, -0.2) is 8.42 Å². The van der Waals surface area contributed by atoms with Gasteiger partial charge in [0.1, 0.15) is 6.04 Å². The minimum absolute atomic E-state index is 0.00768. The molecule has 1 atom stereocenters. The third kappa shape index (κ3) is 8.14. The lowest BCUT2D eigenvalue weighted by atomic mass is 10.0. The summed E-state index contributed by atoms with van der Waals surface area (Å²) in [6.45, 7) is 1.43. The Morgan fingerprint density at radius 2 is 1.54 bits per heavy atom. The smallest absolute Gasteiger partial charge is 0.366 e. The van der Waals surface area contributed by atoms with Gasteiger partial charge in [-0.3, -0.25) is 14.3 Å². The summed E-state index contributed by atoms with van der Waals surface area (Å²) in [4.78, 5) is 30.2. The van der Waals surface area contributed by atoms with Crippen LogP contribution in [0.25, 0.3) is 0 Å². The molecule has 1 saturated heterocycles. The molecule has 1 aliphatic heterocycles. The largest absolute Gasteiger partial charge is 0.416 e. The van der Waals surface area contributed by atoms with Crippen molar-refractivity contribution in [3.63, 3.8) is 0 Å². The van der Waals surface area contributed by atoms with Crippen molar-refractivity contribution in [1.29, 1.82) is 0 Å². The average Bonchev–Trinajstić information content (AvgIpc) is 2.92. The van der Waals surface area contributed by atoms with Gasteiger partial charge in [0.15, 0.2) is 0 Å². The average molecular weight is 609 g/mol. The van der Waals surface area contributed by atoms with Crippen molar-refractivity contribution in [1.82, 2.24) is 10.2 Å². The number of anilines is 2. The lowest BCUT2D eigenvalue weighted by Crippen LogP contribution is -2.55. The van der Waals surface area contributed by atoms with Crippen LogP contribution in [0, 0.1) is 0 Å². The summed E-state index contributed by atoms with van der Waals surface area (Å²) in [6.07, 6.45) is -3.32. The number of nitrogens with zero attached hydrogens (tertiary/aromatic N) is 2. The first-order chi connectivity index (χ1) is 19.3. The van der Waals surface area contributed by atoms with E-state index < -0.39 is 33.7 Å². The number of alkyl halides is 3. The minimum Gasteiger partial charge on any atom is -0.366 e. The Balaban J connectivity index is 1.49. The monoisotopic (exact) mass is 608 g/mol. The predicted molar refractivity (Wildman–Crippen MR) is 152 cm³/mol. The fraction of sp³-hybridized carbons (Fsp3) is 0.286. The number of piperazine rings is 1. The van der Waals surface area contributed by atoms with Gasteiger partial charge in [0.05, 0.1) is 23.2 Å². The molecule has 0 spiro atoms. The molecular formula is C28H28ClF3N4O4S. The topological polar surface area (TPSA) is 98.8 Å². The molecule has 0 aliphatic carbocycles. The molecular weight excluding hydrogens is 581 g/mol. The van der Waals surface area contributed by atoms with Crippen LogP contribution < -0.4 is 14.9 Å². The molecule has 0 unspecified atom stereocenters. The number of halogens is 4. The summed E-state index contributed by atoms with van der Waals surface area (Å²) in [7, 11) is -3.50. The van der Waals surface area contributed by atoms with Gasteiger partial charge >= 0.3 is 6.18 Å². The summed E-state index contributed by atoms with van der Waals surface area (Å²) in [5.74, 6) is -1.02. The third-order valence-corrected chi connectivity index (χ3v) is 7.41. The minimum atomic E-state index is -4.54. The highest BCUT2D eigenvalue weighted by Crippen LogP contribution is 2.29. The van der Waals surface area contributed by atoms with Crippen LogP contribution in [0.4, 0.5) is 24.5 Å². The number of rotatable bonds is 8. The van der Waals surface area contributed by atoms with Gasteiger partial charge in [0.2, 0.25) is 15.9 Å². The highest BCUT2D eigenvalue weighted by atomic mass is 35.5. The van der Waals surface area contributed by atoms with E-state index in [1.807, 2.05) is 4.90 Å². The first kappa shape index (κ1) is 30.2. The number of benzene rings is 3. The van der Waals surface area contributed by atoms with Crippen LogP contribution in [0.2, 0.25) is 5.02 Å². The molecule has 1 aliphatic rings. The van der Waals surface area contributed by atoms with E-state index in [9.17, 15) is 31.2 Å². The Kier molecular flexibility index (Phi) is 9.13. The van der Waals surface area contributed by atoms with Crippen molar-refractivity contribution in [2.24, 2.45) is 0 Å². The Labute approximate surface area is 241 Å². The maximum absolute atomic E-state index is 13.6. The van der Waals surface area contributed by atoms with Crippen molar-refractivity contribution in [2.75, 3.05) is 42.1 Å². The molecule has 0 radical (unpaired) electrons. The molecule has 2 N–H and O–H groups in total. The standard InChI is InChI=1S/C28H28ClF3N4O4S/c1-41(39,40)34-23-4-2-3-5-25(23)35-14-16-36(17-15-35)27(38)24(18-19-6-12-22(29)13-7-19)33-26(37)20-8-10-21(11-9-20)28(30,31)32/h2-13,24,34H,14-18H2,1H3,(H,33,37)/t24-/m1/s1. The molecule has 41 heavy (non-hydrogen) atoms. The molecule has 0 bridgehead atoms. The number of carbonyl (C=O) groups is 2.